The number of nitrogens with zero attached hydrogens (tertiary/aromatic N) is 4. The Morgan fingerprint density at radius 2 is 1.69 bits per heavy atom. The Kier molecular flexibility index (Phi) is 5.12. The number of hydrogen-bond donors (Lipinski definition) is 0. The topological polar surface area (TPSA) is 90.9 Å². The van der Waals surface area contributed by atoms with Crippen LogP contribution in [0.2, 0.25) is 0 Å². The molecule has 2 atom stereocenters. The third-order valence-electron chi connectivity index (χ3n) is 6.78. The molecule has 2 heterocycles. The lowest BCUT2D eigenvalue weighted by molar-refractivity contribution is -0.119. The maximum Gasteiger partial charge on any atom is 0.501 e. The fourth-order valence-electron chi connectivity index (χ4n) is 4.85. The zero-order valence-electron chi connectivity index (χ0n) is 19.4. The van der Waals surface area contributed by atoms with Gasteiger partial charge in [0, 0.05) is 31.4 Å². The van der Waals surface area contributed by atoms with Gasteiger partial charge in [0.1, 0.15) is 5.54 Å². The van der Waals surface area contributed by atoms with Gasteiger partial charge in [-0.15, -0.1) is 0 Å². The molecule has 2 fully saturated rings. The summed E-state index contributed by atoms with van der Waals surface area (Å²) in [6, 6.07) is 10.1. The van der Waals surface area contributed by atoms with Crippen LogP contribution in [-0.2, 0) is 14.6 Å². The second kappa shape index (κ2) is 7.66. The number of aromatic nitrogens is 1. The molecule has 188 valence electrons. The number of rotatable bonds is 4. The largest absolute Gasteiger partial charge is 0.501 e. The summed E-state index contributed by atoms with van der Waals surface area (Å²) in [5, 5.41) is 0.679. The van der Waals surface area contributed by atoms with Crippen molar-refractivity contribution in [3.63, 3.8) is 0 Å². The predicted octanol–water partition coefficient (Wildman–Crippen LogP) is 4.35. The number of halogens is 3. The molecule has 1 saturated carbocycles. The molecule has 0 radical (unpaired) electrons. The van der Waals surface area contributed by atoms with Gasteiger partial charge in [-0.1, -0.05) is 13.0 Å². The number of benzene rings is 2. The third kappa shape index (κ3) is 3.20. The zero-order chi connectivity index (χ0) is 26.2. The van der Waals surface area contributed by atoms with Gasteiger partial charge >= 0.3 is 11.5 Å². The van der Waals surface area contributed by atoms with Crippen LogP contribution in [0.25, 0.3) is 10.9 Å². The van der Waals surface area contributed by atoms with Gasteiger partial charge in [-0.25, -0.2) is 18.1 Å². The first-order valence-electron chi connectivity index (χ1n) is 11.0. The molecule has 2 unspecified atom stereocenters. The molecule has 1 saturated heterocycles. The zero-order valence-corrected chi connectivity index (χ0v) is 20.3. The van der Waals surface area contributed by atoms with Crippen molar-refractivity contribution in [1.29, 1.82) is 0 Å². The maximum atomic E-state index is 13.8. The van der Waals surface area contributed by atoms with Crippen molar-refractivity contribution < 1.29 is 31.2 Å². The number of anilines is 3. The summed E-state index contributed by atoms with van der Waals surface area (Å²) in [6.07, 6.45) is 1.96. The molecule has 8 nitrogen and oxygen atoms in total. The highest BCUT2D eigenvalue weighted by atomic mass is 32.2. The predicted molar refractivity (Wildman–Crippen MR) is 128 cm³/mol. The molecule has 1 aliphatic heterocycles. The standard InChI is InChI=1S/C24H21F3N4O4S/c1-14-13-23(14)21(32)30(15-7-9-16(10-8-15)36(34,35)24(25,26)27)22(33)31(23)19-11-12-28-17-5-4-6-18(20(17)19)29(2)3/h4-12,14H,13H2,1-3H3. The van der Waals surface area contributed by atoms with E-state index in [9.17, 15) is 31.2 Å². The second-order valence-corrected chi connectivity index (χ2v) is 11.1. The van der Waals surface area contributed by atoms with E-state index in [1.54, 1.807) is 18.3 Å². The van der Waals surface area contributed by atoms with Crippen molar-refractivity contribution in [3.05, 3.63) is 54.7 Å². The van der Waals surface area contributed by atoms with Gasteiger partial charge in [-0.05, 0) is 54.8 Å². The molecule has 1 aromatic heterocycles. The molecule has 1 aliphatic carbocycles. The molecule has 1 spiro atoms. The van der Waals surface area contributed by atoms with Crippen LogP contribution in [0.4, 0.5) is 35.0 Å². The van der Waals surface area contributed by atoms with Crippen LogP contribution >= 0.6 is 0 Å². The summed E-state index contributed by atoms with van der Waals surface area (Å²) in [4.78, 5) is 35.1. The van der Waals surface area contributed by atoms with Crippen molar-refractivity contribution in [2.45, 2.75) is 29.3 Å². The first kappa shape index (κ1) is 24.0. The molecule has 0 bridgehead atoms. The van der Waals surface area contributed by atoms with Gasteiger partial charge in [0.05, 0.1) is 21.8 Å². The Labute approximate surface area is 204 Å². The highest BCUT2D eigenvalue weighted by molar-refractivity contribution is 7.92. The van der Waals surface area contributed by atoms with E-state index in [0.29, 0.717) is 23.0 Å². The van der Waals surface area contributed by atoms with Gasteiger partial charge in [0.15, 0.2) is 0 Å². The quantitative estimate of drug-likeness (QED) is 0.477. The van der Waals surface area contributed by atoms with E-state index in [0.717, 1.165) is 34.9 Å². The Hall–Kier alpha value is -3.67. The lowest BCUT2D eigenvalue weighted by atomic mass is 10.1. The first-order chi connectivity index (χ1) is 16.8. The van der Waals surface area contributed by atoms with Gasteiger partial charge in [0.2, 0.25) is 0 Å². The molecular weight excluding hydrogens is 497 g/mol. The van der Waals surface area contributed by atoms with Crippen LogP contribution in [0.15, 0.2) is 59.6 Å². The monoisotopic (exact) mass is 518 g/mol. The summed E-state index contributed by atoms with van der Waals surface area (Å²) >= 11 is 0. The minimum absolute atomic E-state index is 0.0155. The van der Waals surface area contributed by atoms with E-state index in [4.69, 9.17) is 0 Å². The van der Waals surface area contributed by atoms with Crippen LogP contribution in [-0.4, -0.2) is 50.5 Å². The minimum Gasteiger partial charge on any atom is -0.377 e. The van der Waals surface area contributed by atoms with Crippen LogP contribution in [0.5, 0.6) is 0 Å². The number of carbonyl (C=O) groups is 2. The number of sulfone groups is 1. The maximum absolute atomic E-state index is 13.8. The Balaban J connectivity index is 1.63. The molecule has 0 N–H and O–H groups in total. The molecule has 2 aromatic carbocycles. The highest BCUT2D eigenvalue weighted by Gasteiger charge is 2.70. The third-order valence-corrected chi connectivity index (χ3v) is 8.28. The Morgan fingerprint density at radius 3 is 2.25 bits per heavy atom. The fourth-order valence-corrected chi connectivity index (χ4v) is 5.61. The van der Waals surface area contributed by atoms with Crippen molar-refractivity contribution in [2.24, 2.45) is 5.92 Å². The van der Waals surface area contributed by atoms with E-state index >= 15 is 0 Å². The van der Waals surface area contributed by atoms with E-state index in [-0.39, 0.29) is 11.6 Å². The molecule has 36 heavy (non-hydrogen) atoms. The summed E-state index contributed by atoms with van der Waals surface area (Å²) in [5.74, 6) is -0.683. The van der Waals surface area contributed by atoms with Crippen LogP contribution in [0.3, 0.4) is 0 Å². The number of hydrogen-bond acceptors (Lipinski definition) is 6. The molecule has 5 rings (SSSR count). The summed E-state index contributed by atoms with van der Waals surface area (Å²) < 4.78 is 62.3. The number of pyridine rings is 1. The number of alkyl halides is 3. The summed E-state index contributed by atoms with van der Waals surface area (Å²) in [6.45, 7) is 1.84. The van der Waals surface area contributed by atoms with Gasteiger partial charge in [-0.3, -0.25) is 14.7 Å². The minimum atomic E-state index is -5.56. The lowest BCUT2D eigenvalue weighted by Gasteiger charge is -2.26. The highest BCUT2D eigenvalue weighted by Crippen LogP contribution is 2.56. The van der Waals surface area contributed by atoms with Gasteiger partial charge in [-0.2, -0.15) is 13.2 Å². The lowest BCUT2D eigenvalue weighted by Crippen LogP contribution is -2.39. The van der Waals surface area contributed by atoms with E-state index < -0.39 is 37.7 Å². The molecule has 2 aliphatic rings. The van der Waals surface area contributed by atoms with Crippen molar-refractivity contribution in [2.75, 3.05) is 28.8 Å². The normalized spacial score (nSPS) is 22.1. The molecule has 12 heteroatoms. The SMILES string of the molecule is CC1CC12C(=O)N(c1ccc(S(=O)(=O)C(F)(F)F)cc1)C(=O)N2c1ccnc2cccc(N(C)C)c12. The van der Waals surface area contributed by atoms with E-state index in [2.05, 4.69) is 4.98 Å². The molecule has 3 amide bonds. The second-order valence-electron chi connectivity index (χ2n) is 9.13. The van der Waals surface area contributed by atoms with E-state index in [1.807, 2.05) is 38.1 Å². The molecule has 3 aromatic rings. The van der Waals surface area contributed by atoms with Crippen LogP contribution in [0, 0.1) is 5.92 Å². The number of carbonyl (C=O) groups excluding carboxylic acids is 2. The molecular formula is C24H21F3N4O4S. The van der Waals surface area contributed by atoms with Gasteiger partial charge in [0.25, 0.3) is 15.7 Å². The van der Waals surface area contributed by atoms with Crippen molar-refractivity contribution in [1.82, 2.24) is 4.98 Å². The number of amides is 3. The number of imide groups is 1. The summed E-state index contributed by atoms with van der Waals surface area (Å²) in [5.41, 5.74) is -4.72. The number of fused-ring (bicyclic) bond motifs is 1. The van der Waals surface area contributed by atoms with Crippen LogP contribution in [0.1, 0.15) is 13.3 Å². The Morgan fingerprint density at radius 1 is 1.06 bits per heavy atom. The average Bonchev–Trinajstić information content (AvgIpc) is 3.43. The Bertz CT molecular complexity index is 1520. The van der Waals surface area contributed by atoms with Crippen molar-refractivity contribution in [3.8, 4) is 0 Å². The van der Waals surface area contributed by atoms with E-state index in [1.165, 1.54) is 4.90 Å². The average molecular weight is 519 g/mol. The first-order valence-corrected chi connectivity index (χ1v) is 12.5. The van der Waals surface area contributed by atoms with Crippen LogP contribution < -0.4 is 14.7 Å². The smallest absolute Gasteiger partial charge is 0.377 e. The number of urea groups is 1. The van der Waals surface area contributed by atoms with Crippen molar-refractivity contribution >= 4 is 49.7 Å². The van der Waals surface area contributed by atoms with Gasteiger partial charge < -0.3 is 4.90 Å². The fraction of sp³-hybridized carbons (Fsp3) is 0.292. The summed E-state index contributed by atoms with van der Waals surface area (Å²) in [7, 11) is -1.87.